The molecule has 0 aliphatic carbocycles. The second kappa shape index (κ2) is 4.54. The Labute approximate surface area is 97.6 Å². The summed E-state index contributed by atoms with van der Waals surface area (Å²) >= 11 is 0. The van der Waals surface area contributed by atoms with E-state index >= 15 is 0 Å². The van der Waals surface area contributed by atoms with Crippen LogP contribution in [0.25, 0.3) is 0 Å². The number of carboxylic acid groups (broad SMARTS) is 1. The van der Waals surface area contributed by atoms with Gasteiger partial charge in [0.2, 0.25) is 5.91 Å². The lowest BCUT2D eigenvalue weighted by atomic mass is 10.1. The average Bonchev–Trinajstić information content (AvgIpc) is 2.73. The normalized spacial score (nSPS) is 16.4. The Hall–Kier alpha value is -1.89. The Balaban J connectivity index is 2.00. The van der Waals surface area contributed by atoms with Gasteiger partial charge in [-0.1, -0.05) is 0 Å². The first-order chi connectivity index (χ1) is 8.08. The summed E-state index contributed by atoms with van der Waals surface area (Å²) in [5, 5.41) is 8.59. The van der Waals surface area contributed by atoms with Crippen molar-refractivity contribution >= 4 is 11.9 Å². The SMILES string of the molecule is NC(CC(=O)O)C(=O)N1CCc2nc[nH]c2C1. The van der Waals surface area contributed by atoms with Crippen molar-refractivity contribution in [3.05, 3.63) is 17.7 Å². The van der Waals surface area contributed by atoms with E-state index in [0.717, 1.165) is 11.4 Å². The summed E-state index contributed by atoms with van der Waals surface area (Å²) < 4.78 is 0. The highest BCUT2D eigenvalue weighted by Gasteiger charge is 2.27. The molecule has 17 heavy (non-hydrogen) atoms. The fraction of sp³-hybridized carbons (Fsp3) is 0.500. The van der Waals surface area contributed by atoms with Crippen LogP contribution in [0.2, 0.25) is 0 Å². The van der Waals surface area contributed by atoms with Gasteiger partial charge in [-0.25, -0.2) is 4.98 Å². The van der Waals surface area contributed by atoms with E-state index in [1.165, 1.54) is 0 Å². The Kier molecular flexibility index (Phi) is 3.10. The monoisotopic (exact) mass is 238 g/mol. The molecule has 0 fully saturated rings. The maximum absolute atomic E-state index is 11.9. The molecule has 0 aromatic carbocycles. The lowest BCUT2D eigenvalue weighted by Crippen LogP contribution is -2.46. The Morgan fingerprint density at radius 3 is 3.12 bits per heavy atom. The predicted octanol–water partition coefficient (Wildman–Crippen LogP) is -0.904. The van der Waals surface area contributed by atoms with Gasteiger partial charge in [-0.05, 0) is 0 Å². The zero-order valence-electron chi connectivity index (χ0n) is 9.22. The smallest absolute Gasteiger partial charge is 0.305 e. The zero-order chi connectivity index (χ0) is 12.4. The van der Waals surface area contributed by atoms with Crippen LogP contribution in [0.4, 0.5) is 0 Å². The largest absolute Gasteiger partial charge is 0.481 e. The molecule has 0 bridgehead atoms. The number of aliphatic carboxylic acids is 1. The summed E-state index contributed by atoms with van der Waals surface area (Å²) in [7, 11) is 0. The molecular weight excluding hydrogens is 224 g/mol. The molecule has 0 spiro atoms. The molecule has 1 aromatic heterocycles. The molecule has 2 heterocycles. The molecular formula is C10H14N4O3. The van der Waals surface area contributed by atoms with Crippen molar-refractivity contribution in [2.24, 2.45) is 5.73 Å². The zero-order valence-corrected chi connectivity index (χ0v) is 9.22. The van der Waals surface area contributed by atoms with Crippen LogP contribution in [-0.2, 0) is 22.6 Å². The van der Waals surface area contributed by atoms with Crippen LogP contribution in [0.1, 0.15) is 17.8 Å². The number of aromatic nitrogens is 2. The molecule has 1 aromatic rings. The van der Waals surface area contributed by atoms with Gasteiger partial charge in [0.1, 0.15) is 0 Å². The first-order valence-corrected chi connectivity index (χ1v) is 5.35. The van der Waals surface area contributed by atoms with Gasteiger partial charge in [0.25, 0.3) is 0 Å². The molecule has 1 amide bonds. The minimum atomic E-state index is -1.06. The highest BCUT2D eigenvalue weighted by atomic mass is 16.4. The van der Waals surface area contributed by atoms with Gasteiger partial charge < -0.3 is 20.7 Å². The molecule has 7 heteroatoms. The summed E-state index contributed by atoms with van der Waals surface area (Å²) in [6.45, 7) is 0.950. The van der Waals surface area contributed by atoms with Gasteiger partial charge in [-0.15, -0.1) is 0 Å². The molecule has 0 saturated carbocycles. The van der Waals surface area contributed by atoms with E-state index in [4.69, 9.17) is 10.8 Å². The average molecular weight is 238 g/mol. The van der Waals surface area contributed by atoms with E-state index in [1.807, 2.05) is 0 Å². The van der Waals surface area contributed by atoms with E-state index < -0.39 is 12.0 Å². The first kappa shape index (κ1) is 11.6. The van der Waals surface area contributed by atoms with E-state index in [-0.39, 0.29) is 12.3 Å². The van der Waals surface area contributed by atoms with Crippen molar-refractivity contribution in [2.75, 3.05) is 6.54 Å². The van der Waals surface area contributed by atoms with E-state index in [0.29, 0.717) is 19.5 Å². The lowest BCUT2D eigenvalue weighted by molar-refractivity contribution is -0.142. The number of nitrogens with two attached hydrogens (primary N) is 1. The number of aromatic amines is 1. The summed E-state index contributed by atoms with van der Waals surface area (Å²) in [6.07, 6.45) is 1.92. The molecule has 7 nitrogen and oxygen atoms in total. The fourth-order valence-corrected chi connectivity index (χ4v) is 1.91. The molecule has 2 rings (SSSR count). The van der Waals surface area contributed by atoms with Gasteiger partial charge in [0, 0.05) is 13.0 Å². The van der Waals surface area contributed by atoms with Crippen LogP contribution < -0.4 is 5.73 Å². The number of H-pyrrole nitrogens is 1. The summed E-state index contributed by atoms with van der Waals surface area (Å²) in [6, 6.07) is -0.975. The van der Waals surface area contributed by atoms with E-state index in [2.05, 4.69) is 9.97 Å². The molecule has 0 saturated heterocycles. The quantitative estimate of drug-likeness (QED) is 0.631. The summed E-state index contributed by atoms with van der Waals surface area (Å²) in [4.78, 5) is 31.0. The van der Waals surface area contributed by atoms with Crippen molar-refractivity contribution in [3.63, 3.8) is 0 Å². The topological polar surface area (TPSA) is 112 Å². The van der Waals surface area contributed by atoms with Crippen molar-refractivity contribution < 1.29 is 14.7 Å². The van der Waals surface area contributed by atoms with Crippen LogP contribution in [0, 0.1) is 0 Å². The van der Waals surface area contributed by atoms with Gasteiger partial charge >= 0.3 is 5.97 Å². The number of carbonyl (C=O) groups is 2. The number of nitrogens with zero attached hydrogens (tertiary/aromatic N) is 2. The van der Waals surface area contributed by atoms with Crippen molar-refractivity contribution in [2.45, 2.75) is 25.4 Å². The lowest BCUT2D eigenvalue weighted by Gasteiger charge is -2.28. The molecule has 1 atom stereocenters. The molecule has 1 aliphatic rings. The third-order valence-corrected chi connectivity index (χ3v) is 2.80. The van der Waals surface area contributed by atoms with Gasteiger partial charge in [-0.2, -0.15) is 0 Å². The van der Waals surface area contributed by atoms with Gasteiger partial charge in [0.15, 0.2) is 0 Å². The van der Waals surface area contributed by atoms with Crippen LogP contribution in [-0.4, -0.2) is 44.4 Å². The Bertz CT molecular complexity index is 443. The second-order valence-corrected chi connectivity index (χ2v) is 4.04. The number of imidazole rings is 1. The van der Waals surface area contributed by atoms with Crippen LogP contribution in [0.5, 0.6) is 0 Å². The third kappa shape index (κ3) is 2.44. The van der Waals surface area contributed by atoms with E-state index in [9.17, 15) is 9.59 Å². The number of carboxylic acids is 1. The van der Waals surface area contributed by atoms with Crippen LogP contribution in [0.3, 0.4) is 0 Å². The Morgan fingerprint density at radius 1 is 1.65 bits per heavy atom. The van der Waals surface area contributed by atoms with Crippen LogP contribution >= 0.6 is 0 Å². The Morgan fingerprint density at radius 2 is 2.41 bits per heavy atom. The van der Waals surface area contributed by atoms with Gasteiger partial charge in [0.05, 0.1) is 36.7 Å². The molecule has 4 N–H and O–H groups in total. The number of fused-ring (bicyclic) bond motifs is 1. The van der Waals surface area contributed by atoms with Crippen molar-refractivity contribution in [3.8, 4) is 0 Å². The number of carbonyl (C=O) groups excluding carboxylic acids is 1. The number of hydrogen-bond acceptors (Lipinski definition) is 4. The molecule has 0 radical (unpaired) electrons. The number of amides is 1. The van der Waals surface area contributed by atoms with Gasteiger partial charge in [-0.3, -0.25) is 9.59 Å². The summed E-state index contributed by atoms with van der Waals surface area (Å²) in [5.41, 5.74) is 7.40. The molecule has 92 valence electrons. The number of nitrogens with one attached hydrogen (secondary N) is 1. The third-order valence-electron chi connectivity index (χ3n) is 2.80. The maximum Gasteiger partial charge on any atom is 0.305 e. The highest BCUT2D eigenvalue weighted by molar-refractivity contribution is 5.86. The minimum absolute atomic E-state index is 0.326. The van der Waals surface area contributed by atoms with Crippen molar-refractivity contribution in [1.29, 1.82) is 0 Å². The first-order valence-electron chi connectivity index (χ1n) is 5.35. The fourth-order valence-electron chi connectivity index (χ4n) is 1.91. The second-order valence-electron chi connectivity index (χ2n) is 4.04. The van der Waals surface area contributed by atoms with Crippen molar-refractivity contribution in [1.82, 2.24) is 14.9 Å². The molecule has 1 unspecified atom stereocenters. The standard InChI is InChI=1S/C10H14N4O3/c11-6(3-9(15)16)10(17)14-2-1-7-8(4-14)13-5-12-7/h5-6H,1-4,11H2,(H,12,13)(H,15,16). The summed E-state index contributed by atoms with van der Waals surface area (Å²) in [5.74, 6) is -1.39. The van der Waals surface area contributed by atoms with E-state index in [1.54, 1.807) is 11.2 Å². The highest BCUT2D eigenvalue weighted by Crippen LogP contribution is 2.15. The molecule has 1 aliphatic heterocycles. The van der Waals surface area contributed by atoms with Crippen LogP contribution in [0.15, 0.2) is 6.33 Å². The number of hydrogen-bond donors (Lipinski definition) is 3. The maximum atomic E-state index is 11.9. The predicted molar refractivity (Wildman–Crippen MR) is 57.9 cm³/mol. The number of rotatable bonds is 3. The minimum Gasteiger partial charge on any atom is -0.481 e.